The van der Waals surface area contributed by atoms with Crippen molar-refractivity contribution in [3.05, 3.63) is 318 Å². The van der Waals surface area contributed by atoms with E-state index >= 15 is 0 Å². The molecule has 0 N–H and O–H groups in total. The van der Waals surface area contributed by atoms with Crippen molar-refractivity contribution < 1.29 is 0 Å². The van der Waals surface area contributed by atoms with Crippen LogP contribution in [-0.4, -0.2) is 23.7 Å². The first-order chi connectivity index (χ1) is 45.6. The Morgan fingerprint density at radius 2 is 0.570 bits per heavy atom. The molecule has 0 unspecified atom stereocenters. The lowest BCUT2D eigenvalue weighted by Crippen LogP contribution is -2.03. The molecule has 13 aromatic carbocycles. The van der Waals surface area contributed by atoms with Crippen LogP contribution >= 0.6 is 0 Å². The maximum atomic E-state index is 5.56. The van der Waals surface area contributed by atoms with Crippen LogP contribution in [0.1, 0.15) is 33.4 Å². The van der Waals surface area contributed by atoms with E-state index in [0.717, 1.165) is 78.4 Å². The molecular weight excluding hydrogens is 1130 g/mol. The number of hydrogen-bond acceptors (Lipinski definition) is 2. The Kier molecular flexibility index (Phi) is 13.2. The summed E-state index contributed by atoms with van der Waals surface area (Å²) in [7, 11) is 0. The van der Waals surface area contributed by atoms with Gasteiger partial charge in [-0.2, -0.15) is 0 Å². The maximum absolute atomic E-state index is 5.56. The van der Waals surface area contributed by atoms with Gasteiger partial charge in [0, 0.05) is 71.5 Å². The Morgan fingerprint density at radius 3 is 0.968 bits per heavy atom. The molecular formula is C88H65N5. The van der Waals surface area contributed by atoms with E-state index in [4.69, 9.17) is 9.97 Å². The van der Waals surface area contributed by atoms with Gasteiger partial charge in [0.1, 0.15) is 0 Å². The summed E-state index contributed by atoms with van der Waals surface area (Å²) in [6, 6.07) is 105. The molecule has 0 saturated carbocycles. The molecule has 0 amide bonds. The van der Waals surface area contributed by atoms with Gasteiger partial charge in [-0.05, 0) is 188 Å². The second-order valence-corrected chi connectivity index (χ2v) is 25.3. The molecule has 5 heteroatoms. The van der Waals surface area contributed by atoms with Crippen LogP contribution < -0.4 is 0 Å². The van der Waals surface area contributed by atoms with Gasteiger partial charge in [0.15, 0.2) is 5.82 Å². The van der Waals surface area contributed by atoms with Crippen LogP contribution in [0.2, 0.25) is 0 Å². The van der Waals surface area contributed by atoms with Crippen LogP contribution in [0.4, 0.5) is 0 Å². The number of nitrogens with zero attached hydrogens (tertiary/aromatic N) is 5. The van der Waals surface area contributed by atoms with Crippen LogP contribution in [0.3, 0.4) is 0 Å². The highest BCUT2D eigenvalue weighted by Crippen LogP contribution is 2.47. The topological polar surface area (TPSA) is 40.6 Å². The first kappa shape index (κ1) is 55.4. The van der Waals surface area contributed by atoms with Crippen molar-refractivity contribution in [2.75, 3.05) is 0 Å². The van der Waals surface area contributed by atoms with Crippen LogP contribution in [0.15, 0.2) is 285 Å². The van der Waals surface area contributed by atoms with Gasteiger partial charge in [0.05, 0.1) is 50.2 Å². The minimum atomic E-state index is 0.664. The van der Waals surface area contributed by atoms with Gasteiger partial charge in [-0.1, -0.05) is 205 Å². The number of fused-ring (bicyclic) bond motifs is 9. The first-order valence-corrected chi connectivity index (χ1v) is 32.2. The SMILES string of the molecule is Cc1cc(C)c(-c2ccc3c(c2)c2cc(-c4c(C)cc(C)cc4C)ccc2n3-c2c(-c3ccc(-n4c5ccccc5c5ccccc54)cc3)cc(-c3cc(-c4ccccc4)nc(-c4ccccc4)n3)cc2-c2ccc(-n3c4ccccc4c4ccccc43)cc2)c(C)c1. The molecule has 4 aromatic heterocycles. The molecule has 0 bridgehead atoms. The molecule has 0 aliphatic rings. The van der Waals surface area contributed by atoms with E-state index in [1.54, 1.807) is 0 Å². The van der Waals surface area contributed by atoms with E-state index in [9.17, 15) is 0 Å². The van der Waals surface area contributed by atoms with Gasteiger partial charge >= 0.3 is 0 Å². The summed E-state index contributed by atoms with van der Waals surface area (Å²) in [5.74, 6) is 0.664. The fraction of sp³-hybridized carbons (Fsp3) is 0.0682. The van der Waals surface area contributed by atoms with Crippen molar-refractivity contribution in [3.63, 3.8) is 0 Å². The highest BCUT2D eigenvalue weighted by Gasteiger charge is 2.26. The summed E-state index contributed by atoms with van der Waals surface area (Å²) in [6.07, 6.45) is 0. The lowest BCUT2D eigenvalue weighted by molar-refractivity contribution is 1.16. The Balaban J connectivity index is 0.987. The quantitative estimate of drug-likeness (QED) is 0.137. The lowest BCUT2D eigenvalue weighted by atomic mass is 9.91. The van der Waals surface area contributed by atoms with Crippen molar-refractivity contribution >= 4 is 65.4 Å². The summed E-state index contributed by atoms with van der Waals surface area (Å²) < 4.78 is 7.39. The Bertz CT molecular complexity index is 5340. The fourth-order valence-corrected chi connectivity index (χ4v) is 15.4. The highest BCUT2D eigenvalue weighted by molar-refractivity contribution is 6.14. The van der Waals surface area contributed by atoms with Crippen molar-refractivity contribution in [2.24, 2.45) is 0 Å². The van der Waals surface area contributed by atoms with Crippen LogP contribution in [-0.2, 0) is 0 Å². The summed E-state index contributed by atoms with van der Waals surface area (Å²) in [4.78, 5) is 10.9. The number of benzene rings is 13. The van der Waals surface area contributed by atoms with Gasteiger partial charge in [0.2, 0.25) is 0 Å². The Morgan fingerprint density at radius 1 is 0.237 bits per heavy atom. The van der Waals surface area contributed by atoms with E-state index in [1.165, 1.54) is 110 Å². The normalized spacial score (nSPS) is 11.8. The zero-order valence-corrected chi connectivity index (χ0v) is 52.9. The number of para-hydroxylation sites is 4. The second kappa shape index (κ2) is 22.1. The van der Waals surface area contributed by atoms with Crippen LogP contribution in [0.5, 0.6) is 0 Å². The van der Waals surface area contributed by atoms with Crippen molar-refractivity contribution in [2.45, 2.75) is 41.5 Å². The highest BCUT2D eigenvalue weighted by atomic mass is 15.0. The van der Waals surface area contributed by atoms with Crippen molar-refractivity contribution in [1.29, 1.82) is 0 Å². The molecule has 0 aliphatic heterocycles. The largest absolute Gasteiger partial charge is 0.309 e. The van der Waals surface area contributed by atoms with E-state index in [1.807, 2.05) is 6.07 Å². The van der Waals surface area contributed by atoms with E-state index in [2.05, 4.69) is 334 Å². The third kappa shape index (κ3) is 9.29. The molecule has 0 aliphatic carbocycles. The number of aromatic nitrogens is 5. The maximum Gasteiger partial charge on any atom is 0.160 e. The molecule has 442 valence electrons. The molecule has 0 radical (unpaired) electrons. The third-order valence-electron chi connectivity index (χ3n) is 19.2. The van der Waals surface area contributed by atoms with Crippen molar-refractivity contribution in [1.82, 2.24) is 23.7 Å². The Hall–Kier alpha value is -11.7. The molecule has 0 saturated heterocycles. The lowest BCUT2D eigenvalue weighted by Gasteiger charge is -2.22. The molecule has 17 aromatic rings. The summed E-state index contributed by atoms with van der Waals surface area (Å²) in [5, 5.41) is 7.29. The summed E-state index contributed by atoms with van der Waals surface area (Å²) in [6.45, 7) is 13.4. The zero-order valence-electron chi connectivity index (χ0n) is 52.9. The molecule has 0 fully saturated rings. The predicted molar refractivity (Wildman–Crippen MR) is 392 cm³/mol. The number of aryl methyl sites for hydroxylation is 6. The monoisotopic (exact) mass is 1190 g/mol. The molecule has 5 nitrogen and oxygen atoms in total. The first-order valence-electron chi connectivity index (χ1n) is 32.2. The van der Waals surface area contributed by atoms with E-state index in [-0.39, 0.29) is 0 Å². The van der Waals surface area contributed by atoms with Crippen LogP contribution in [0, 0.1) is 41.5 Å². The van der Waals surface area contributed by atoms with Gasteiger partial charge in [-0.25, -0.2) is 9.97 Å². The van der Waals surface area contributed by atoms with Gasteiger partial charge in [-0.3, -0.25) is 0 Å². The third-order valence-corrected chi connectivity index (χ3v) is 19.2. The molecule has 93 heavy (non-hydrogen) atoms. The van der Waals surface area contributed by atoms with E-state index < -0.39 is 0 Å². The molecule has 17 rings (SSSR count). The summed E-state index contributed by atoms with van der Waals surface area (Å²) in [5.41, 5.74) is 31.6. The average molecular weight is 1190 g/mol. The molecule has 0 atom stereocenters. The van der Waals surface area contributed by atoms with Crippen molar-refractivity contribution in [3.8, 4) is 95.5 Å². The number of hydrogen-bond donors (Lipinski definition) is 0. The fourth-order valence-electron chi connectivity index (χ4n) is 15.4. The Labute approximate surface area is 541 Å². The minimum Gasteiger partial charge on any atom is -0.309 e. The number of rotatable bonds is 10. The predicted octanol–water partition coefficient (Wildman–Crippen LogP) is 23.3. The molecule has 4 heterocycles. The molecule has 0 spiro atoms. The second-order valence-electron chi connectivity index (χ2n) is 25.3. The van der Waals surface area contributed by atoms with Gasteiger partial charge < -0.3 is 13.7 Å². The van der Waals surface area contributed by atoms with Gasteiger partial charge in [0.25, 0.3) is 0 Å². The summed E-state index contributed by atoms with van der Waals surface area (Å²) >= 11 is 0. The van der Waals surface area contributed by atoms with E-state index in [0.29, 0.717) is 5.82 Å². The standard InChI is InChI=1S/C88H65N5/c1-54-45-56(3)85(57(4)46-54)64-37-43-83-75(49-64)76-50-65(86-58(5)47-55(2)48-59(86)6)38-44-84(76)93(83)87-73(60-33-39-67(40-34-60)91-79-29-17-13-25-69(79)70-26-14-18-30-80(70)91)51-66(78-53-77(62-21-9-7-10-22-62)89-88(90-78)63-23-11-8-12-24-63)52-74(87)61-35-41-68(42-36-61)92-81-31-19-15-27-71(81)72-28-16-20-32-82(72)92/h7-53H,1-6H3. The zero-order chi connectivity index (χ0) is 62.6. The van der Waals surface area contributed by atoms with Crippen LogP contribution in [0.25, 0.3) is 161 Å². The minimum absolute atomic E-state index is 0.664. The average Bonchev–Trinajstić information content (AvgIpc) is 1.68. The van der Waals surface area contributed by atoms with Gasteiger partial charge in [-0.15, -0.1) is 0 Å². The smallest absolute Gasteiger partial charge is 0.160 e.